The van der Waals surface area contributed by atoms with Crippen LogP contribution in [-0.4, -0.2) is 26.5 Å². The van der Waals surface area contributed by atoms with Gasteiger partial charge in [0.15, 0.2) is 0 Å². The summed E-state index contributed by atoms with van der Waals surface area (Å²) in [6.07, 6.45) is 3.31. The van der Waals surface area contributed by atoms with Gasteiger partial charge in [-0.1, -0.05) is 18.2 Å². The topological polar surface area (TPSA) is 109 Å². The van der Waals surface area contributed by atoms with Crippen LogP contribution in [-0.2, 0) is 22.3 Å². The maximum atomic E-state index is 12.5. The average molecular weight is 426 g/mol. The Bertz CT molecular complexity index is 1090. The lowest BCUT2D eigenvalue weighted by molar-refractivity contribution is 0.251. The van der Waals surface area contributed by atoms with Gasteiger partial charge in [0.1, 0.15) is 5.75 Å². The zero-order chi connectivity index (χ0) is 21.4. The van der Waals surface area contributed by atoms with E-state index in [0.717, 1.165) is 5.56 Å². The summed E-state index contributed by atoms with van der Waals surface area (Å²) in [5, 5.41) is 5.43. The van der Waals surface area contributed by atoms with Gasteiger partial charge < -0.3 is 15.4 Å². The molecular weight excluding hydrogens is 404 g/mol. The molecule has 2 amide bonds. The number of pyridine rings is 1. The number of ether oxygens (including phenoxy) is 1. The van der Waals surface area contributed by atoms with Crippen molar-refractivity contribution in [2.75, 3.05) is 17.1 Å². The lowest BCUT2D eigenvalue weighted by atomic mass is 10.2. The number of para-hydroxylation sites is 1. The summed E-state index contributed by atoms with van der Waals surface area (Å²) in [5.41, 5.74) is 2.43. The maximum Gasteiger partial charge on any atom is 0.319 e. The number of amides is 2. The van der Waals surface area contributed by atoms with Crippen LogP contribution in [0.3, 0.4) is 0 Å². The van der Waals surface area contributed by atoms with E-state index in [9.17, 15) is 13.2 Å². The van der Waals surface area contributed by atoms with E-state index in [-0.39, 0.29) is 11.8 Å². The second-order valence-electron chi connectivity index (χ2n) is 6.41. The van der Waals surface area contributed by atoms with E-state index >= 15 is 0 Å². The van der Waals surface area contributed by atoms with E-state index in [1.54, 1.807) is 60.9 Å². The van der Waals surface area contributed by atoms with E-state index in [1.807, 2.05) is 12.1 Å². The smallest absolute Gasteiger partial charge is 0.319 e. The molecule has 0 radical (unpaired) electrons. The van der Waals surface area contributed by atoms with Gasteiger partial charge in [0.05, 0.1) is 12.9 Å². The number of rotatable bonds is 8. The summed E-state index contributed by atoms with van der Waals surface area (Å²) in [5.74, 6) is 0.300. The molecule has 0 saturated carbocycles. The molecule has 9 heteroatoms. The highest BCUT2D eigenvalue weighted by molar-refractivity contribution is 7.91. The molecule has 0 saturated heterocycles. The molecule has 3 N–H and O–H groups in total. The number of aromatic nitrogens is 1. The molecule has 0 spiro atoms. The van der Waals surface area contributed by atoms with Crippen LogP contribution in [0, 0.1) is 0 Å². The van der Waals surface area contributed by atoms with Gasteiger partial charge in [-0.25, -0.2) is 13.2 Å². The first-order valence-corrected chi connectivity index (χ1v) is 10.8. The molecule has 8 nitrogen and oxygen atoms in total. The Kier molecular flexibility index (Phi) is 6.87. The van der Waals surface area contributed by atoms with Gasteiger partial charge in [-0.05, 0) is 48.0 Å². The van der Waals surface area contributed by atoms with E-state index in [0.29, 0.717) is 29.2 Å². The lowest BCUT2D eigenvalue weighted by Gasteiger charge is -2.12. The summed E-state index contributed by atoms with van der Waals surface area (Å²) >= 11 is 0. The minimum absolute atomic E-state index is 0.214. The summed E-state index contributed by atoms with van der Waals surface area (Å²) in [4.78, 5) is 15.9. The maximum absolute atomic E-state index is 12.5. The highest BCUT2D eigenvalue weighted by Crippen LogP contribution is 2.22. The average Bonchev–Trinajstić information content (AvgIpc) is 2.74. The van der Waals surface area contributed by atoms with Crippen LogP contribution >= 0.6 is 0 Å². The van der Waals surface area contributed by atoms with Gasteiger partial charge in [0.25, 0.3) is 0 Å². The van der Waals surface area contributed by atoms with Crippen LogP contribution < -0.4 is 20.1 Å². The van der Waals surface area contributed by atoms with Gasteiger partial charge in [0.2, 0.25) is 10.0 Å². The van der Waals surface area contributed by atoms with Crippen molar-refractivity contribution >= 4 is 27.4 Å². The van der Waals surface area contributed by atoms with Crippen molar-refractivity contribution in [1.29, 1.82) is 0 Å². The molecule has 0 unspecified atom stereocenters. The Balaban J connectivity index is 1.55. The number of anilines is 2. The number of benzene rings is 2. The molecule has 0 aliphatic heterocycles. The second kappa shape index (κ2) is 9.75. The molecule has 0 aliphatic carbocycles. The second-order valence-corrected chi connectivity index (χ2v) is 8.14. The van der Waals surface area contributed by atoms with Crippen LogP contribution in [0.15, 0.2) is 73.1 Å². The quantitative estimate of drug-likeness (QED) is 0.512. The van der Waals surface area contributed by atoms with Gasteiger partial charge >= 0.3 is 6.03 Å². The predicted octanol–water partition coefficient (Wildman–Crippen LogP) is 3.35. The van der Waals surface area contributed by atoms with Gasteiger partial charge in [0, 0.05) is 35.9 Å². The zero-order valence-electron chi connectivity index (χ0n) is 16.3. The Morgan fingerprint density at radius 1 is 0.967 bits per heavy atom. The first-order chi connectivity index (χ1) is 14.4. The summed E-state index contributed by atoms with van der Waals surface area (Å²) < 4.78 is 32.7. The molecule has 0 aliphatic rings. The molecule has 30 heavy (non-hydrogen) atoms. The molecule has 3 rings (SSSR count). The predicted molar refractivity (Wildman–Crippen MR) is 116 cm³/mol. The lowest BCUT2D eigenvalue weighted by Crippen LogP contribution is -2.28. The molecule has 0 bridgehead atoms. The van der Waals surface area contributed by atoms with Crippen molar-refractivity contribution < 1.29 is 17.9 Å². The molecule has 156 valence electrons. The Labute approximate surface area is 175 Å². The first-order valence-electron chi connectivity index (χ1n) is 9.11. The Morgan fingerprint density at radius 2 is 1.63 bits per heavy atom. The van der Waals surface area contributed by atoms with Crippen molar-refractivity contribution in [3.8, 4) is 5.75 Å². The monoisotopic (exact) mass is 426 g/mol. The van der Waals surface area contributed by atoms with E-state index < -0.39 is 10.0 Å². The molecule has 0 atom stereocenters. The number of nitrogens with zero attached hydrogens (tertiary/aromatic N) is 1. The normalized spacial score (nSPS) is 10.8. The molecule has 0 fully saturated rings. The van der Waals surface area contributed by atoms with Crippen LogP contribution in [0.25, 0.3) is 0 Å². The number of urea groups is 1. The molecule has 1 aromatic heterocycles. The number of carbonyl (C=O) groups is 1. The SMILES string of the molecule is COc1ccccc1CS(=O)(=O)Nc1ccc(NC(=O)NCc2ccncc2)cc1. The van der Waals surface area contributed by atoms with Crippen molar-refractivity contribution in [2.45, 2.75) is 12.3 Å². The highest BCUT2D eigenvalue weighted by atomic mass is 32.2. The van der Waals surface area contributed by atoms with Gasteiger partial charge in [-0.3, -0.25) is 9.71 Å². The molecule has 3 aromatic rings. The third kappa shape index (κ3) is 6.21. The largest absolute Gasteiger partial charge is 0.496 e. The number of carbonyl (C=O) groups excluding carboxylic acids is 1. The molecular formula is C21H22N4O4S. The van der Waals surface area contributed by atoms with Crippen LogP contribution in [0.1, 0.15) is 11.1 Å². The number of nitrogens with one attached hydrogen (secondary N) is 3. The molecule has 2 aromatic carbocycles. The number of hydrogen-bond acceptors (Lipinski definition) is 5. The van der Waals surface area contributed by atoms with Gasteiger partial charge in [-0.15, -0.1) is 0 Å². The van der Waals surface area contributed by atoms with E-state index in [4.69, 9.17) is 4.74 Å². The van der Waals surface area contributed by atoms with Crippen molar-refractivity contribution in [3.05, 3.63) is 84.2 Å². The fourth-order valence-electron chi connectivity index (χ4n) is 2.72. The van der Waals surface area contributed by atoms with Gasteiger partial charge in [-0.2, -0.15) is 0 Å². The van der Waals surface area contributed by atoms with E-state index in [1.165, 1.54) is 7.11 Å². The highest BCUT2D eigenvalue weighted by Gasteiger charge is 2.15. The summed E-state index contributed by atoms with van der Waals surface area (Å²) in [6, 6.07) is 16.6. The minimum atomic E-state index is -3.63. The van der Waals surface area contributed by atoms with Crippen molar-refractivity contribution in [1.82, 2.24) is 10.3 Å². The first kappa shape index (κ1) is 21.1. The standard InChI is InChI=1S/C21H22N4O4S/c1-29-20-5-3-2-4-17(20)15-30(27,28)25-19-8-6-18(7-9-19)24-21(26)23-14-16-10-12-22-13-11-16/h2-13,25H,14-15H2,1H3,(H2,23,24,26). The molecule has 1 heterocycles. The van der Waals surface area contributed by atoms with Crippen LogP contribution in [0.2, 0.25) is 0 Å². The summed E-state index contributed by atoms with van der Waals surface area (Å²) in [7, 11) is -2.13. The summed E-state index contributed by atoms with van der Waals surface area (Å²) in [6.45, 7) is 0.370. The number of methoxy groups -OCH3 is 1. The Morgan fingerprint density at radius 3 is 2.33 bits per heavy atom. The Hall–Kier alpha value is -3.59. The van der Waals surface area contributed by atoms with Crippen LogP contribution in [0.5, 0.6) is 5.75 Å². The van der Waals surface area contributed by atoms with Crippen LogP contribution in [0.4, 0.5) is 16.2 Å². The van der Waals surface area contributed by atoms with Crippen molar-refractivity contribution in [3.63, 3.8) is 0 Å². The number of sulfonamides is 1. The third-order valence-corrected chi connectivity index (χ3v) is 5.39. The van der Waals surface area contributed by atoms with Crippen molar-refractivity contribution in [2.24, 2.45) is 0 Å². The van der Waals surface area contributed by atoms with E-state index in [2.05, 4.69) is 20.3 Å². The number of hydrogen-bond donors (Lipinski definition) is 3. The third-order valence-electron chi connectivity index (χ3n) is 4.16. The fourth-order valence-corrected chi connectivity index (χ4v) is 3.94. The zero-order valence-corrected chi connectivity index (χ0v) is 17.1. The fraction of sp³-hybridized carbons (Fsp3) is 0.143. The minimum Gasteiger partial charge on any atom is -0.496 e.